The van der Waals surface area contributed by atoms with Crippen LogP contribution in [0.5, 0.6) is 0 Å². The molecule has 1 aliphatic carbocycles. The molecule has 0 spiro atoms. The van der Waals surface area contributed by atoms with Gasteiger partial charge in [-0.3, -0.25) is 0 Å². The summed E-state index contributed by atoms with van der Waals surface area (Å²) in [6, 6.07) is 0. The van der Waals surface area contributed by atoms with Crippen LogP contribution in [0.15, 0.2) is 22.8 Å². The number of ether oxygens (including phenoxy) is 1. The lowest BCUT2D eigenvalue weighted by molar-refractivity contribution is -0.137. The molecule has 0 fully saturated rings. The summed E-state index contributed by atoms with van der Waals surface area (Å²) in [4.78, 5) is 11.1. The Hall–Kier alpha value is -0.760. The Kier molecular flexibility index (Phi) is 3.97. The highest BCUT2D eigenvalue weighted by Gasteiger charge is 2.28. The van der Waals surface area contributed by atoms with Gasteiger partial charge in [-0.1, -0.05) is 31.5 Å². The fourth-order valence-corrected chi connectivity index (χ4v) is 2.21. The van der Waals surface area contributed by atoms with E-state index in [-0.39, 0.29) is 11.4 Å². The first-order valence-electron chi connectivity index (χ1n) is 5.17. The highest BCUT2D eigenvalue weighted by Crippen LogP contribution is 2.43. The highest BCUT2D eigenvalue weighted by molar-refractivity contribution is 6.30. The van der Waals surface area contributed by atoms with Crippen molar-refractivity contribution in [2.45, 2.75) is 33.6 Å². The molecule has 0 aliphatic heterocycles. The molecule has 84 valence electrons. The van der Waals surface area contributed by atoms with Crippen molar-refractivity contribution >= 4 is 17.6 Å². The van der Waals surface area contributed by atoms with E-state index in [1.54, 1.807) is 13.0 Å². The topological polar surface area (TPSA) is 26.3 Å². The van der Waals surface area contributed by atoms with Crippen LogP contribution in [0.1, 0.15) is 33.6 Å². The predicted octanol–water partition coefficient (Wildman–Crippen LogP) is 3.42. The lowest BCUT2D eigenvalue weighted by Crippen LogP contribution is -2.04. The van der Waals surface area contributed by atoms with Gasteiger partial charge < -0.3 is 4.74 Å². The Labute approximate surface area is 95.9 Å². The third-order valence-electron chi connectivity index (χ3n) is 2.36. The second-order valence-electron chi connectivity index (χ2n) is 4.53. The summed E-state index contributed by atoms with van der Waals surface area (Å²) >= 11 is 6.10. The van der Waals surface area contributed by atoms with E-state index in [0.29, 0.717) is 6.61 Å². The first-order chi connectivity index (χ1) is 6.94. The van der Waals surface area contributed by atoms with Crippen molar-refractivity contribution in [2.75, 3.05) is 6.61 Å². The van der Waals surface area contributed by atoms with Crippen molar-refractivity contribution in [3.05, 3.63) is 22.8 Å². The van der Waals surface area contributed by atoms with Crippen LogP contribution < -0.4 is 0 Å². The summed E-state index contributed by atoms with van der Waals surface area (Å²) in [5.74, 6) is -0.306. The molecule has 0 amide bonds. The van der Waals surface area contributed by atoms with Crippen molar-refractivity contribution < 1.29 is 9.53 Å². The van der Waals surface area contributed by atoms with Gasteiger partial charge in [0.2, 0.25) is 0 Å². The maximum absolute atomic E-state index is 11.1. The van der Waals surface area contributed by atoms with Crippen molar-refractivity contribution in [1.29, 1.82) is 0 Å². The molecule has 15 heavy (non-hydrogen) atoms. The highest BCUT2D eigenvalue weighted by atomic mass is 35.5. The molecule has 0 saturated carbocycles. The van der Waals surface area contributed by atoms with E-state index >= 15 is 0 Å². The van der Waals surface area contributed by atoms with Crippen LogP contribution in [-0.2, 0) is 9.53 Å². The maximum Gasteiger partial charge on any atom is 0.330 e. The van der Waals surface area contributed by atoms with E-state index in [1.807, 2.05) is 0 Å². The zero-order chi connectivity index (χ0) is 11.5. The van der Waals surface area contributed by atoms with E-state index in [1.165, 1.54) is 6.08 Å². The van der Waals surface area contributed by atoms with Crippen LogP contribution in [0.25, 0.3) is 0 Å². The largest absolute Gasteiger partial charge is 0.463 e. The van der Waals surface area contributed by atoms with E-state index in [4.69, 9.17) is 16.3 Å². The van der Waals surface area contributed by atoms with Gasteiger partial charge in [-0.2, -0.15) is 0 Å². The molecule has 0 atom stereocenters. The third kappa shape index (κ3) is 3.71. The minimum atomic E-state index is -0.306. The summed E-state index contributed by atoms with van der Waals surface area (Å²) in [5.41, 5.74) is 1.26. The molecule has 0 aromatic rings. The van der Waals surface area contributed by atoms with E-state index in [2.05, 4.69) is 13.8 Å². The van der Waals surface area contributed by atoms with Crippen LogP contribution in [0.3, 0.4) is 0 Å². The summed E-state index contributed by atoms with van der Waals surface area (Å²) in [7, 11) is 0. The molecule has 0 aromatic carbocycles. The standard InChI is InChI=1S/C12H17ClO2/c1-4-15-11(14)6-5-9-7-12(2,3)8-10(9)13/h5-6H,4,7-8H2,1-3H3. The van der Waals surface area contributed by atoms with Gasteiger partial charge in [-0.25, -0.2) is 4.79 Å². The van der Waals surface area contributed by atoms with Gasteiger partial charge in [0.1, 0.15) is 0 Å². The van der Waals surface area contributed by atoms with Crippen LogP contribution >= 0.6 is 11.6 Å². The molecule has 0 saturated heterocycles. The molecule has 1 rings (SSSR count). The Balaban J connectivity index is 2.60. The summed E-state index contributed by atoms with van der Waals surface area (Å²) in [6.07, 6.45) is 5.02. The van der Waals surface area contributed by atoms with Crippen LogP contribution in [0.2, 0.25) is 0 Å². The van der Waals surface area contributed by atoms with Gasteiger partial charge >= 0.3 is 5.97 Å². The lowest BCUT2D eigenvalue weighted by Gasteiger charge is -2.15. The van der Waals surface area contributed by atoms with Crippen molar-refractivity contribution in [2.24, 2.45) is 5.41 Å². The van der Waals surface area contributed by atoms with Crippen molar-refractivity contribution in [3.63, 3.8) is 0 Å². The van der Waals surface area contributed by atoms with Crippen molar-refractivity contribution in [3.8, 4) is 0 Å². The molecule has 3 heteroatoms. The number of carbonyl (C=O) groups excluding carboxylic acids is 1. The number of rotatable bonds is 3. The SMILES string of the molecule is CCOC(=O)C=CC1=C(Cl)CC(C)(C)C1. The Bertz CT molecular complexity index is 314. The predicted molar refractivity (Wildman–Crippen MR) is 61.7 cm³/mol. The fourth-order valence-electron chi connectivity index (χ4n) is 1.72. The number of carbonyl (C=O) groups is 1. The monoisotopic (exact) mass is 228 g/mol. The second-order valence-corrected chi connectivity index (χ2v) is 4.99. The molecular weight excluding hydrogens is 212 g/mol. The minimum Gasteiger partial charge on any atom is -0.463 e. The third-order valence-corrected chi connectivity index (χ3v) is 2.73. The average molecular weight is 229 g/mol. The number of hydrogen-bond donors (Lipinski definition) is 0. The molecule has 0 N–H and O–H groups in total. The zero-order valence-corrected chi connectivity index (χ0v) is 10.2. The molecule has 2 nitrogen and oxygen atoms in total. The summed E-state index contributed by atoms with van der Waals surface area (Å²) < 4.78 is 4.80. The second kappa shape index (κ2) is 4.84. The molecule has 1 aliphatic rings. The Morgan fingerprint density at radius 3 is 2.67 bits per heavy atom. The quantitative estimate of drug-likeness (QED) is 0.547. The molecule has 0 unspecified atom stereocenters. The van der Waals surface area contributed by atoms with Gasteiger partial charge in [-0.15, -0.1) is 0 Å². The molecule has 0 heterocycles. The van der Waals surface area contributed by atoms with E-state index in [9.17, 15) is 4.79 Å². The Morgan fingerprint density at radius 1 is 1.53 bits per heavy atom. The van der Waals surface area contributed by atoms with Gasteiger partial charge in [0.15, 0.2) is 0 Å². The maximum atomic E-state index is 11.1. The van der Waals surface area contributed by atoms with Gasteiger partial charge in [-0.05, 0) is 30.8 Å². The van der Waals surface area contributed by atoms with E-state index in [0.717, 1.165) is 23.4 Å². The van der Waals surface area contributed by atoms with Crippen LogP contribution in [0.4, 0.5) is 0 Å². The first-order valence-corrected chi connectivity index (χ1v) is 5.55. The van der Waals surface area contributed by atoms with E-state index < -0.39 is 0 Å². The van der Waals surface area contributed by atoms with Crippen LogP contribution in [-0.4, -0.2) is 12.6 Å². The first kappa shape index (κ1) is 12.3. The minimum absolute atomic E-state index is 0.214. The number of allylic oxidation sites excluding steroid dienone is 3. The molecular formula is C12H17ClO2. The smallest absolute Gasteiger partial charge is 0.330 e. The number of esters is 1. The van der Waals surface area contributed by atoms with Gasteiger partial charge in [0.05, 0.1) is 6.61 Å². The molecule has 0 bridgehead atoms. The normalized spacial score (nSPS) is 20.0. The summed E-state index contributed by atoms with van der Waals surface area (Å²) in [5, 5.41) is 0.862. The molecule has 0 aromatic heterocycles. The van der Waals surface area contributed by atoms with Gasteiger partial charge in [0.25, 0.3) is 0 Å². The lowest BCUT2D eigenvalue weighted by atomic mass is 9.89. The number of halogens is 1. The molecule has 0 radical (unpaired) electrons. The van der Waals surface area contributed by atoms with Crippen LogP contribution in [0, 0.1) is 5.41 Å². The Morgan fingerprint density at radius 2 is 2.20 bits per heavy atom. The number of hydrogen-bond acceptors (Lipinski definition) is 2. The summed E-state index contributed by atoms with van der Waals surface area (Å²) in [6.45, 7) is 6.53. The van der Waals surface area contributed by atoms with Gasteiger partial charge in [0, 0.05) is 11.1 Å². The average Bonchev–Trinajstić information content (AvgIpc) is 2.36. The zero-order valence-electron chi connectivity index (χ0n) is 9.47. The van der Waals surface area contributed by atoms with Crippen molar-refractivity contribution in [1.82, 2.24) is 0 Å². The fraction of sp³-hybridized carbons (Fsp3) is 0.583.